The number of benzene rings is 1. The molecule has 17 heavy (non-hydrogen) atoms. The molecule has 0 unspecified atom stereocenters. The molecular formula is C11H12F2N2OPb. The third kappa shape index (κ3) is 3.44. The van der Waals surface area contributed by atoms with E-state index in [1.807, 2.05) is 0 Å². The number of hydrogen-bond donors (Lipinski definition) is 1. The molecule has 0 aromatic heterocycles. The molecule has 0 bridgehead atoms. The van der Waals surface area contributed by atoms with Crippen LogP contribution in [-0.4, -0.2) is 64.3 Å². The zero-order chi connectivity index (χ0) is 11.5. The van der Waals surface area contributed by atoms with Gasteiger partial charge in [0.15, 0.2) is 11.6 Å². The second kappa shape index (κ2) is 6.39. The van der Waals surface area contributed by atoms with Crippen LogP contribution in [0.3, 0.4) is 0 Å². The third-order valence-corrected chi connectivity index (χ3v) is 2.57. The van der Waals surface area contributed by atoms with Crippen LogP contribution in [0.15, 0.2) is 18.2 Å². The van der Waals surface area contributed by atoms with Crippen molar-refractivity contribution in [1.29, 1.82) is 0 Å². The molecule has 2 rings (SSSR count). The number of nitrogens with one attached hydrogen (secondary N) is 1. The Hall–Kier alpha value is -0.568. The summed E-state index contributed by atoms with van der Waals surface area (Å²) in [5, 5.41) is 3.11. The topological polar surface area (TPSA) is 32.3 Å². The van der Waals surface area contributed by atoms with Crippen molar-refractivity contribution >= 4 is 33.2 Å². The Morgan fingerprint density at radius 2 is 1.82 bits per heavy atom. The molecular weight excluding hydrogens is 421 g/mol. The van der Waals surface area contributed by atoms with E-state index < -0.39 is 11.6 Å². The van der Waals surface area contributed by atoms with E-state index in [0.29, 0.717) is 13.1 Å². The van der Waals surface area contributed by atoms with Crippen LogP contribution in [0.2, 0.25) is 0 Å². The summed E-state index contributed by atoms with van der Waals surface area (Å²) in [6.07, 6.45) is 0. The minimum absolute atomic E-state index is 0. The number of amides is 1. The van der Waals surface area contributed by atoms with Crippen LogP contribution in [-0.2, 0) is 0 Å². The molecule has 90 valence electrons. The van der Waals surface area contributed by atoms with Gasteiger partial charge in [-0.1, -0.05) is 0 Å². The molecule has 1 N–H and O–H groups in total. The summed E-state index contributed by atoms with van der Waals surface area (Å²) >= 11 is 0. The SMILES string of the molecule is O=C(c1ccc(F)c(F)c1)N1CCNCC1.[Pb]. The van der Waals surface area contributed by atoms with Crippen molar-refractivity contribution in [2.24, 2.45) is 0 Å². The van der Waals surface area contributed by atoms with Gasteiger partial charge in [-0.05, 0) is 18.2 Å². The van der Waals surface area contributed by atoms with Gasteiger partial charge >= 0.3 is 0 Å². The first-order chi connectivity index (χ1) is 7.68. The minimum atomic E-state index is -0.985. The van der Waals surface area contributed by atoms with E-state index in [4.69, 9.17) is 0 Å². The first-order valence-corrected chi connectivity index (χ1v) is 5.13. The fourth-order valence-electron chi connectivity index (χ4n) is 1.68. The molecule has 0 spiro atoms. The van der Waals surface area contributed by atoms with Gasteiger partial charge in [-0.15, -0.1) is 0 Å². The van der Waals surface area contributed by atoms with Gasteiger partial charge in [-0.2, -0.15) is 0 Å². The predicted molar refractivity (Wildman–Crippen MR) is 60.9 cm³/mol. The number of halogens is 2. The Bertz CT molecular complexity index is 408. The number of hydrogen-bond acceptors (Lipinski definition) is 2. The van der Waals surface area contributed by atoms with Crippen LogP contribution < -0.4 is 5.32 Å². The maximum Gasteiger partial charge on any atom is 0.254 e. The molecule has 4 radical (unpaired) electrons. The quantitative estimate of drug-likeness (QED) is 0.660. The minimum Gasteiger partial charge on any atom is -0.336 e. The van der Waals surface area contributed by atoms with Gasteiger partial charge in [-0.25, -0.2) is 8.78 Å². The molecule has 1 aliphatic heterocycles. The molecule has 1 amide bonds. The number of carbonyl (C=O) groups excluding carboxylic acids is 1. The summed E-state index contributed by atoms with van der Waals surface area (Å²) in [4.78, 5) is 13.5. The van der Waals surface area contributed by atoms with Gasteiger partial charge < -0.3 is 10.2 Å². The Labute approximate surface area is 118 Å². The predicted octanol–water partition coefficient (Wildman–Crippen LogP) is 0.629. The molecule has 1 saturated heterocycles. The molecule has 1 aromatic rings. The number of piperazine rings is 1. The van der Waals surface area contributed by atoms with Crippen molar-refractivity contribution in [3.8, 4) is 0 Å². The Morgan fingerprint density at radius 3 is 2.41 bits per heavy atom. The monoisotopic (exact) mass is 434 g/mol. The van der Waals surface area contributed by atoms with E-state index in [2.05, 4.69) is 5.32 Å². The summed E-state index contributed by atoms with van der Waals surface area (Å²) in [6.45, 7) is 2.65. The first kappa shape index (κ1) is 14.5. The smallest absolute Gasteiger partial charge is 0.254 e. The van der Waals surface area contributed by atoms with Gasteiger partial charge in [-0.3, -0.25) is 4.79 Å². The van der Waals surface area contributed by atoms with Crippen LogP contribution in [0.5, 0.6) is 0 Å². The standard InChI is InChI=1S/C11H12F2N2O.Pb/c12-9-2-1-8(7-10(9)13)11(16)15-5-3-14-4-6-15;/h1-2,7,14H,3-6H2;. The molecule has 0 aliphatic carbocycles. The van der Waals surface area contributed by atoms with Crippen molar-refractivity contribution in [3.63, 3.8) is 0 Å². The van der Waals surface area contributed by atoms with E-state index in [9.17, 15) is 13.6 Å². The summed E-state index contributed by atoms with van der Waals surface area (Å²) in [5.74, 6) is -2.17. The second-order valence-corrected chi connectivity index (χ2v) is 3.67. The molecule has 0 saturated carbocycles. The van der Waals surface area contributed by atoms with Gasteiger partial charge in [0, 0.05) is 59.0 Å². The van der Waals surface area contributed by atoms with Crippen molar-refractivity contribution in [2.75, 3.05) is 26.2 Å². The molecule has 6 heteroatoms. The zero-order valence-corrected chi connectivity index (χ0v) is 13.1. The van der Waals surface area contributed by atoms with Gasteiger partial charge in [0.2, 0.25) is 0 Å². The Kier molecular flexibility index (Phi) is 5.45. The van der Waals surface area contributed by atoms with Gasteiger partial charge in [0.25, 0.3) is 5.91 Å². The number of rotatable bonds is 1. The van der Waals surface area contributed by atoms with Crippen LogP contribution in [0.25, 0.3) is 0 Å². The van der Waals surface area contributed by atoms with Crippen molar-refractivity contribution in [1.82, 2.24) is 10.2 Å². The van der Waals surface area contributed by atoms with E-state index in [1.54, 1.807) is 4.90 Å². The molecule has 1 heterocycles. The molecule has 1 fully saturated rings. The van der Waals surface area contributed by atoms with Crippen LogP contribution in [0.1, 0.15) is 10.4 Å². The van der Waals surface area contributed by atoms with E-state index in [1.165, 1.54) is 6.07 Å². The first-order valence-electron chi connectivity index (χ1n) is 5.13. The number of nitrogens with zero attached hydrogens (tertiary/aromatic N) is 1. The largest absolute Gasteiger partial charge is 0.336 e. The maximum absolute atomic E-state index is 12.9. The Morgan fingerprint density at radius 1 is 1.18 bits per heavy atom. The fourth-order valence-corrected chi connectivity index (χ4v) is 1.68. The molecule has 1 aliphatic rings. The molecule has 1 aromatic carbocycles. The average Bonchev–Trinajstić information content (AvgIpc) is 2.33. The number of carbonyl (C=O) groups is 1. The second-order valence-electron chi connectivity index (χ2n) is 3.67. The van der Waals surface area contributed by atoms with Crippen molar-refractivity contribution < 1.29 is 13.6 Å². The summed E-state index contributed by atoms with van der Waals surface area (Å²) in [5.41, 5.74) is 0.195. The Balaban J connectivity index is 0.00000144. The molecule has 0 atom stereocenters. The van der Waals surface area contributed by atoms with Gasteiger partial charge in [0.05, 0.1) is 0 Å². The van der Waals surface area contributed by atoms with E-state index >= 15 is 0 Å². The van der Waals surface area contributed by atoms with Crippen LogP contribution in [0, 0.1) is 11.6 Å². The maximum atomic E-state index is 12.9. The van der Waals surface area contributed by atoms with Crippen molar-refractivity contribution in [3.05, 3.63) is 35.4 Å². The average molecular weight is 433 g/mol. The van der Waals surface area contributed by atoms with Crippen molar-refractivity contribution in [2.45, 2.75) is 0 Å². The van der Waals surface area contributed by atoms with Gasteiger partial charge in [0.1, 0.15) is 0 Å². The normalized spacial score (nSPS) is 15.3. The zero-order valence-electron chi connectivity index (χ0n) is 9.17. The fraction of sp³-hybridized carbons (Fsp3) is 0.364. The van der Waals surface area contributed by atoms with E-state index in [-0.39, 0.29) is 38.8 Å². The molecule has 3 nitrogen and oxygen atoms in total. The third-order valence-electron chi connectivity index (χ3n) is 2.57. The van der Waals surface area contributed by atoms with Crippen LogP contribution in [0.4, 0.5) is 8.78 Å². The summed E-state index contributed by atoms with van der Waals surface area (Å²) in [7, 11) is 0. The summed E-state index contributed by atoms with van der Waals surface area (Å²) in [6, 6.07) is 3.23. The van der Waals surface area contributed by atoms with Crippen LogP contribution >= 0.6 is 0 Å². The van der Waals surface area contributed by atoms with E-state index in [0.717, 1.165) is 25.2 Å². The summed E-state index contributed by atoms with van der Waals surface area (Å²) < 4.78 is 25.6.